The summed E-state index contributed by atoms with van der Waals surface area (Å²) in [4.78, 5) is 11.4. The van der Waals surface area contributed by atoms with E-state index in [1.54, 1.807) is 7.11 Å². The highest BCUT2D eigenvalue weighted by Gasteiger charge is 2.23. The number of aliphatic imine (C=N–C) groups is 1. The Labute approximate surface area is 107 Å². The third-order valence-corrected chi connectivity index (χ3v) is 3.47. The second kappa shape index (κ2) is 4.80. The van der Waals surface area contributed by atoms with Gasteiger partial charge in [-0.15, -0.1) is 0 Å². The van der Waals surface area contributed by atoms with Gasteiger partial charge in [-0.05, 0) is 24.5 Å². The second-order valence-corrected chi connectivity index (χ2v) is 4.63. The van der Waals surface area contributed by atoms with Gasteiger partial charge in [-0.1, -0.05) is 6.07 Å². The molecular weight excluding hydrogens is 226 g/mol. The van der Waals surface area contributed by atoms with E-state index in [-0.39, 0.29) is 0 Å². The normalized spacial score (nSPS) is 18.8. The fourth-order valence-electron chi connectivity index (χ4n) is 2.50. The van der Waals surface area contributed by atoms with Crippen LogP contribution in [0.5, 0.6) is 0 Å². The van der Waals surface area contributed by atoms with Crippen molar-refractivity contribution >= 4 is 5.84 Å². The van der Waals surface area contributed by atoms with Crippen LogP contribution in [0, 0.1) is 0 Å². The minimum atomic E-state index is 0.764. The Balaban J connectivity index is 2.04. The van der Waals surface area contributed by atoms with Crippen LogP contribution in [-0.2, 0) is 11.2 Å². The predicted octanol–water partition coefficient (Wildman–Crippen LogP) is 1.97. The lowest BCUT2D eigenvalue weighted by Gasteiger charge is -2.19. The fourth-order valence-corrected chi connectivity index (χ4v) is 2.50. The number of rotatable bonds is 1. The Morgan fingerprint density at radius 3 is 2.89 bits per heavy atom. The molecule has 0 atom stereocenters. The molecule has 0 spiro atoms. The van der Waals surface area contributed by atoms with Gasteiger partial charge in [0.15, 0.2) is 5.84 Å². The molecule has 1 fully saturated rings. The number of hydrogen-bond acceptors (Lipinski definition) is 4. The Hall–Kier alpha value is -1.84. The number of aromatic nitrogens is 1. The maximum absolute atomic E-state index is 5.35. The van der Waals surface area contributed by atoms with Crippen LogP contribution in [-0.4, -0.2) is 35.9 Å². The molecule has 0 N–H and O–H groups in total. The Morgan fingerprint density at radius 2 is 2.11 bits per heavy atom. The number of pyridine rings is 1. The van der Waals surface area contributed by atoms with Crippen molar-refractivity contribution in [1.29, 1.82) is 0 Å². The number of hydrogen-bond donors (Lipinski definition) is 0. The summed E-state index contributed by atoms with van der Waals surface area (Å²) in [6.45, 7) is 2.15. The maximum Gasteiger partial charge on any atom is 0.154 e. The molecule has 0 aliphatic carbocycles. The Morgan fingerprint density at radius 1 is 1.28 bits per heavy atom. The van der Waals surface area contributed by atoms with Gasteiger partial charge in [-0.3, -0.25) is 4.98 Å². The topological polar surface area (TPSA) is 37.7 Å². The number of allylic oxidation sites excluding steroid dienone is 1. The van der Waals surface area contributed by atoms with Crippen molar-refractivity contribution in [3.63, 3.8) is 0 Å². The summed E-state index contributed by atoms with van der Waals surface area (Å²) >= 11 is 0. The molecule has 3 heterocycles. The summed E-state index contributed by atoms with van der Waals surface area (Å²) < 4.78 is 5.35. The Kier molecular flexibility index (Phi) is 3.00. The highest BCUT2D eigenvalue weighted by Crippen LogP contribution is 2.21. The summed E-state index contributed by atoms with van der Waals surface area (Å²) in [7, 11) is 1.69. The zero-order valence-corrected chi connectivity index (χ0v) is 10.6. The first-order valence-electron chi connectivity index (χ1n) is 6.38. The van der Waals surface area contributed by atoms with E-state index < -0.39 is 0 Å². The standard InChI is InChI=1S/C14H17N3O/c1-18-12-9-11-5-4-6-15-13(11)14(16-10-12)17-7-2-3-8-17/h4-6,10H,2-3,7-9H2,1H3. The van der Waals surface area contributed by atoms with Crippen molar-refractivity contribution in [3.8, 4) is 0 Å². The first-order valence-corrected chi connectivity index (χ1v) is 6.38. The van der Waals surface area contributed by atoms with Crippen LogP contribution in [0.15, 0.2) is 35.3 Å². The van der Waals surface area contributed by atoms with E-state index in [1.807, 2.05) is 18.5 Å². The highest BCUT2D eigenvalue weighted by atomic mass is 16.5. The number of fused-ring (bicyclic) bond motifs is 1. The SMILES string of the molecule is COC1=CN=C(N2CCCC2)c2ncccc2C1. The van der Waals surface area contributed by atoms with Crippen LogP contribution in [0.3, 0.4) is 0 Å². The molecule has 0 amide bonds. The van der Waals surface area contributed by atoms with Crippen LogP contribution in [0.1, 0.15) is 24.1 Å². The molecule has 94 valence electrons. The van der Waals surface area contributed by atoms with E-state index >= 15 is 0 Å². The van der Waals surface area contributed by atoms with Crippen molar-refractivity contribution in [2.75, 3.05) is 20.2 Å². The van der Waals surface area contributed by atoms with Crippen LogP contribution in [0.25, 0.3) is 0 Å². The van der Waals surface area contributed by atoms with E-state index in [4.69, 9.17) is 4.74 Å². The minimum Gasteiger partial charge on any atom is -0.499 e. The summed E-state index contributed by atoms with van der Waals surface area (Å²) in [5.74, 6) is 1.88. The third kappa shape index (κ3) is 1.98. The fraction of sp³-hybridized carbons (Fsp3) is 0.429. The van der Waals surface area contributed by atoms with Gasteiger partial charge >= 0.3 is 0 Å². The van der Waals surface area contributed by atoms with Crippen molar-refractivity contribution < 1.29 is 4.74 Å². The molecule has 0 aromatic carbocycles. The molecule has 1 aromatic heterocycles. The monoisotopic (exact) mass is 243 g/mol. The van der Waals surface area contributed by atoms with Gasteiger partial charge in [0.05, 0.1) is 13.3 Å². The summed E-state index contributed by atoms with van der Waals surface area (Å²) in [5.41, 5.74) is 2.19. The molecule has 4 nitrogen and oxygen atoms in total. The van der Waals surface area contributed by atoms with Gasteiger partial charge in [-0.25, -0.2) is 4.99 Å². The number of ether oxygens (including phenoxy) is 1. The molecule has 3 rings (SSSR count). The molecule has 18 heavy (non-hydrogen) atoms. The Bertz CT molecular complexity index is 502. The second-order valence-electron chi connectivity index (χ2n) is 4.63. The highest BCUT2D eigenvalue weighted by molar-refractivity contribution is 5.99. The zero-order valence-electron chi connectivity index (χ0n) is 10.6. The average molecular weight is 243 g/mol. The molecule has 0 radical (unpaired) electrons. The summed E-state index contributed by atoms with van der Waals surface area (Å²) in [6, 6.07) is 4.07. The van der Waals surface area contributed by atoms with Gasteiger partial charge in [-0.2, -0.15) is 0 Å². The summed E-state index contributed by atoms with van der Waals surface area (Å²) in [6.07, 6.45) is 6.90. The minimum absolute atomic E-state index is 0.764. The quantitative estimate of drug-likeness (QED) is 0.756. The molecular formula is C14H17N3O. The summed E-state index contributed by atoms with van der Waals surface area (Å²) in [5, 5.41) is 0. The first-order chi connectivity index (χ1) is 8.88. The van der Waals surface area contributed by atoms with Crippen molar-refractivity contribution in [1.82, 2.24) is 9.88 Å². The lowest BCUT2D eigenvalue weighted by Crippen LogP contribution is -2.29. The van der Waals surface area contributed by atoms with E-state index in [9.17, 15) is 0 Å². The predicted molar refractivity (Wildman–Crippen MR) is 70.4 cm³/mol. The molecule has 0 bridgehead atoms. The third-order valence-electron chi connectivity index (χ3n) is 3.47. The number of methoxy groups -OCH3 is 1. The molecule has 0 unspecified atom stereocenters. The van der Waals surface area contributed by atoms with E-state index in [1.165, 1.54) is 18.4 Å². The van der Waals surface area contributed by atoms with Gasteiger partial charge < -0.3 is 9.64 Å². The van der Waals surface area contributed by atoms with Gasteiger partial charge in [0.1, 0.15) is 11.5 Å². The molecule has 4 heteroatoms. The van der Waals surface area contributed by atoms with Gasteiger partial charge in [0.2, 0.25) is 0 Å². The first kappa shape index (κ1) is 11.3. The van der Waals surface area contributed by atoms with Crippen molar-refractivity contribution in [2.45, 2.75) is 19.3 Å². The number of amidine groups is 1. The lowest BCUT2D eigenvalue weighted by atomic mass is 10.1. The molecule has 1 aromatic rings. The van der Waals surface area contributed by atoms with E-state index in [0.717, 1.165) is 36.8 Å². The molecule has 1 saturated heterocycles. The van der Waals surface area contributed by atoms with Crippen molar-refractivity contribution in [3.05, 3.63) is 41.5 Å². The number of nitrogens with zero attached hydrogens (tertiary/aromatic N) is 3. The van der Waals surface area contributed by atoms with Crippen molar-refractivity contribution in [2.24, 2.45) is 4.99 Å². The molecule has 0 saturated carbocycles. The average Bonchev–Trinajstić information content (AvgIpc) is 2.86. The van der Waals surface area contributed by atoms with Crippen LogP contribution >= 0.6 is 0 Å². The van der Waals surface area contributed by atoms with E-state index in [2.05, 4.69) is 20.9 Å². The van der Waals surface area contributed by atoms with E-state index in [0.29, 0.717) is 0 Å². The smallest absolute Gasteiger partial charge is 0.154 e. The van der Waals surface area contributed by atoms with Crippen LogP contribution in [0.2, 0.25) is 0 Å². The van der Waals surface area contributed by atoms with Crippen LogP contribution in [0.4, 0.5) is 0 Å². The maximum atomic E-state index is 5.35. The van der Waals surface area contributed by atoms with Gasteiger partial charge in [0, 0.05) is 25.7 Å². The zero-order chi connectivity index (χ0) is 12.4. The van der Waals surface area contributed by atoms with Crippen LogP contribution < -0.4 is 0 Å². The lowest BCUT2D eigenvalue weighted by molar-refractivity contribution is 0.282. The number of likely N-dealkylation sites (tertiary alicyclic amines) is 1. The largest absolute Gasteiger partial charge is 0.499 e. The molecule has 2 aliphatic rings. The molecule has 2 aliphatic heterocycles. The van der Waals surface area contributed by atoms with Gasteiger partial charge in [0.25, 0.3) is 0 Å².